The van der Waals surface area contributed by atoms with Gasteiger partial charge in [-0.05, 0) is 91.4 Å². The van der Waals surface area contributed by atoms with Crippen molar-refractivity contribution in [2.45, 2.75) is 58.8 Å². The average molecular weight is 324 g/mol. The third kappa shape index (κ3) is 1.65. The molecule has 8 atom stereocenters. The summed E-state index contributed by atoms with van der Waals surface area (Å²) in [5, 5.41) is 22.4. The lowest BCUT2D eigenvalue weighted by Gasteiger charge is -2.58. The summed E-state index contributed by atoms with van der Waals surface area (Å²) in [6.07, 6.45) is 10.5. The monoisotopic (exact) mass is 324 g/mol. The summed E-state index contributed by atoms with van der Waals surface area (Å²) in [4.78, 5) is 0. The number of rotatable bonds is 0. The van der Waals surface area contributed by atoms with Gasteiger partial charge in [-0.1, -0.05) is 24.6 Å². The van der Waals surface area contributed by atoms with E-state index in [4.69, 9.17) is 5.21 Å². The molecule has 128 valence electrons. The number of nitriles is 1. The predicted molar refractivity (Wildman–Crippen MR) is 92.4 cm³/mol. The van der Waals surface area contributed by atoms with Crippen molar-refractivity contribution < 1.29 is 5.21 Å². The minimum absolute atomic E-state index is 0.285. The molecule has 5 rings (SSSR count). The highest BCUT2D eigenvalue weighted by Crippen LogP contribution is 2.75. The van der Waals surface area contributed by atoms with Crippen molar-refractivity contribution in [1.29, 1.82) is 5.26 Å². The molecule has 0 aliphatic heterocycles. The van der Waals surface area contributed by atoms with Crippen molar-refractivity contribution in [2.24, 2.45) is 51.5 Å². The minimum atomic E-state index is 0.285. The van der Waals surface area contributed by atoms with Crippen molar-refractivity contribution in [1.82, 2.24) is 0 Å². The molecule has 4 fully saturated rings. The zero-order chi connectivity index (χ0) is 16.7. The van der Waals surface area contributed by atoms with Crippen LogP contribution in [0, 0.1) is 57.7 Å². The van der Waals surface area contributed by atoms with Gasteiger partial charge in [0.15, 0.2) is 0 Å². The Bertz CT molecular complexity index is 688. The van der Waals surface area contributed by atoms with Gasteiger partial charge in [0.05, 0.1) is 17.7 Å². The number of hydrogen-bond acceptors (Lipinski definition) is 3. The van der Waals surface area contributed by atoms with E-state index in [1.165, 1.54) is 31.3 Å². The summed E-state index contributed by atoms with van der Waals surface area (Å²) in [6.45, 7) is 4.92. The van der Waals surface area contributed by atoms with Crippen LogP contribution in [0.3, 0.4) is 0 Å². The summed E-state index contributed by atoms with van der Waals surface area (Å²) in [7, 11) is 0. The molecule has 3 heteroatoms. The van der Waals surface area contributed by atoms with E-state index in [0.29, 0.717) is 17.3 Å². The number of fused-ring (bicyclic) bond motifs is 7. The summed E-state index contributed by atoms with van der Waals surface area (Å²) < 4.78 is 0. The van der Waals surface area contributed by atoms with Gasteiger partial charge in [-0.15, -0.1) is 0 Å². The lowest BCUT2D eigenvalue weighted by atomic mass is 9.46. The highest BCUT2D eigenvalue weighted by molar-refractivity contribution is 5.96. The van der Waals surface area contributed by atoms with Crippen LogP contribution in [0.2, 0.25) is 0 Å². The summed E-state index contributed by atoms with van der Waals surface area (Å²) >= 11 is 0. The lowest BCUT2D eigenvalue weighted by molar-refractivity contribution is -0.0562. The first-order valence-electron chi connectivity index (χ1n) is 9.84. The van der Waals surface area contributed by atoms with Crippen LogP contribution < -0.4 is 0 Å². The molecular formula is C21H28N2O. The second-order valence-corrected chi connectivity index (χ2v) is 9.73. The molecule has 4 saturated carbocycles. The second-order valence-electron chi connectivity index (χ2n) is 9.73. The van der Waals surface area contributed by atoms with Crippen molar-refractivity contribution in [2.75, 3.05) is 0 Å². The standard InChI is InChI=1S/C21H28N2O/c1-20-7-5-13(23-24)9-12(20)3-4-14-17(20)6-8-21(2)18(11-22)15-10-16(15)19(14)21/h9,14-19,24H,3-8,10H2,1-2H3/t14-,15+,16-,17+,18+,19-,20+,21-/m1/s1. The minimum Gasteiger partial charge on any atom is -0.411 e. The number of oxime groups is 1. The van der Waals surface area contributed by atoms with E-state index in [2.05, 4.69) is 31.1 Å². The van der Waals surface area contributed by atoms with Crippen LogP contribution in [-0.4, -0.2) is 10.9 Å². The van der Waals surface area contributed by atoms with Gasteiger partial charge in [0.25, 0.3) is 0 Å². The van der Waals surface area contributed by atoms with Gasteiger partial charge in [0.2, 0.25) is 0 Å². The maximum atomic E-state index is 9.76. The maximum Gasteiger partial charge on any atom is 0.0795 e. The summed E-state index contributed by atoms with van der Waals surface area (Å²) in [6, 6.07) is 2.71. The fraction of sp³-hybridized carbons (Fsp3) is 0.810. The summed E-state index contributed by atoms with van der Waals surface area (Å²) in [5.74, 6) is 4.25. The van der Waals surface area contributed by atoms with Gasteiger partial charge >= 0.3 is 0 Å². The predicted octanol–water partition coefficient (Wildman–Crippen LogP) is 4.78. The summed E-state index contributed by atoms with van der Waals surface area (Å²) in [5.41, 5.74) is 2.99. The third-order valence-corrected chi connectivity index (χ3v) is 9.03. The van der Waals surface area contributed by atoms with E-state index in [0.717, 1.165) is 48.6 Å². The molecule has 0 aromatic heterocycles. The first-order valence-corrected chi connectivity index (χ1v) is 9.84. The first-order chi connectivity index (χ1) is 11.5. The molecule has 0 unspecified atom stereocenters. The molecule has 0 bridgehead atoms. The molecule has 0 aromatic carbocycles. The largest absolute Gasteiger partial charge is 0.411 e. The zero-order valence-electron chi connectivity index (χ0n) is 14.8. The molecule has 0 radical (unpaired) electrons. The maximum absolute atomic E-state index is 9.76. The number of nitrogens with zero attached hydrogens (tertiary/aromatic N) is 2. The molecule has 0 spiro atoms. The van der Waals surface area contributed by atoms with E-state index >= 15 is 0 Å². The Balaban J connectivity index is 1.52. The quantitative estimate of drug-likeness (QED) is 0.515. The van der Waals surface area contributed by atoms with Crippen LogP contribution in [0.25, 0.3) is 0 Å². The molecule has 5 aliphatic carbocycles. The molecule has 3 nitrogen and oxygen atoms in total. The smallest absolute Gasteiger partial charge is 0.0795 e. The molecule has 0 heterocycles. The average Bonchev–Trinajstić information content (AvgIpc) is 3.29. The Hall–Kier alpha value is -1.30. The Morgan fingerprint density at radius 2 is 2.00 bits per heavy atom. The van der Waals surface area contributed by atoms with E-state index in [1.807, 2.05) is 0 Å². The fourth-order valence-electron chi connectivity index (χ4n) is 7.86. The number of allylic oxidation sites excluding steroid dienone is 2. The third-order valence-electron chi connectivity index (χ3n) is 9.03. The van der Waals surface area contributed by atoms with Crippen molar-refractivity contribution in [3.8, 4) is 6.07 Å². The fourth-order valence-corrected chi connectivity index (χ4v) is 7.86. The Labute approximate surface area is 144 Å². The highest BCUT2D eigenvalue weighted by Gasteiger charge is 2.70. The van der Waals surface area contributed by atoms with Crippen molar-refractivity contribution >= 4 is 5.71 Å². The molecular weight excluding hydrogens is 296 g/mol. The van der Waals surface area contributed by atoms with Crippen LogP contribution in [0.5, 0.6) is 0 Å². The van der Waals surface area contributed by atoms with Crippen LogP contribution in [0.4, 0.5) is 0 Å². The Morgan fingerprint density at radius 1 is 1.17 bits per heavy atom. The van der Waals surface area contributed by atoms with Gasteiger partial charge in [-0.2, -0.15) is 5.26 Å². The molecule has 1 N–H and O–H groups in total. The first kappa shape index (κ1) is 15.0. The van der Waals surface area contributed by atoms with E-state index in [1.54, 1.807) is 0 Å². The van der Waals surface area contributed by atoms with Crippen LogP contribution >= 0.6 is 0 Å². The van der Waals surface area contributed by atoms with Gasteiger partial charge < -0.3 is 5.21 Å². The molecule has 24 heavy (non-hydrogen) atoms. The molecule has 5 aliphatic rings. The highest BCUT2D eigenvalue weighted by atomic mass is 16.4. The number of hydrogen-bond donors (Lipinski definition) is 1. The SMILES string of the molecule is C[C@]12CC[C@H]3[C@@H](CCC4=CC(=NO)CC[C@@]43C)[C@@H]1[C@@H]1C[C@@H]1[C@@H]2C#N. The van der Waals surface area contributed by atoms with E-state index in [9.17, 15) is 5.26 Å². The Morgan fingerprint density at radius 3 is 2.75 bits per heavy atom. The van der Waals surface area contributed by atoms with Gasteiger partial charge in [0, 0.05) is 0 Å². The normalized spacial score (nSPS) is 56.4. The Kier molecular flexibility index (Phi) is 2.91. The van der Waals surface area contributed by atoms with E-state index in [-0.39, 0.29) is 5.41 Å². The van der Waals surface area contributed by atoms with Crippen molar-refractivity contribution in [3.05, 3.63) is 11.6 Å². The van der Waals surface area contributed by atoms with Crippen LogP contribution in [-0.2, 0) is 0 Å². The molecule has 0 saturated heterocycles. The lowest BCUT2D eigenvalue weighted by Crippen LogP contribution is -2.51. The van der Waals surface area contributed by atoms with Crippen molar-refractivity contribution in [3.63, 3.8) is 0 Å². The van der Waals surface area contributed by atoms with E-state index < -0.39 is 0 Å². The van der Waals surface area contributed by atoms with Gasteiger partial charge in [0.1, 0.15) is 0 Å². The van der Waals surface area contributed by atoms with Crippen LogP contribution in [0.15, 0.2) is 16.8 Å². The molecule has 0 amide bonds. The van der Waals surface area contributed by atoms with Gasteiger partial charge in [-0.25, -0.2) is 0 Å². The molecule has 0 aromatic rings. The van der Waals surface area contributed by atoms with Crippen LogP contribution in [0.1, 0.15) is 58.8 Å². The second kappa shape index (κ2) is 4.65. The van der Waals surface area contributed by atoms with Gasteiger partial charge in [-0.3, -0.25) is 0 Å². The topological polar surface area (TPSA) is 56.4 Å². The zero-order valence-corrected chi connectivity index (χ0v) is 14.8.